The number of rotatable bonds is 5. The Morgan fingerprint density at radius 3 is 1.64 bits per heavy atom. The molecule has 0 radical (unpaired) electrons. The number of likely N-dealkylation sites (N-methyl/N-ethyl adjacent to an activating group) is 1. The molecule has 6 nitrogen and oxygen atoms in total. The maximum absolute atomic E-state index is 9.49. The molecule has 25 heavy (non-hydrogen) atoms. The third kappa shape index (κ3) is 5.91. The standard InChI is InChI=1S/C17H22NO.CH4O4S/c1-14-8-4-6-10-16(14)18(3,12-13-19)17-11-7-5-9-15(17)2;1-5-6(2,3)4/h4-11,19H,12-13H2,1-3H3;1H3,(H,2,3,4)/q+1;/p-1. The Balaban J connectivity index is 0.000000450. The first kappa shape index (κ1) is 21.3. The molecule has 0 aromatic heterocycles. The van der Waals surface area contributed by atoms with Crippen molar-refractivity contribution in [3.05, 3.63) is 59.7 Å². The summed E-state index contributed by atoms with van der Waals surface area (Å²) in [6.45, 7) is 5.10. The van der Waals surface area contributed by atoms with Gasteiger partial charge in [0, 0.05) is 11.1 Å². The first-order valence-electron chi connectivity index (χ1n) is 7.76. The fraction of sp³-hybridized carbons (Fsp3) is 0.333. The van der Waals surface area contributed by atoms with Crippen LogP contribution in [-0.4, -0.2) is 45.4 Å². The first-order valence-corrected chi connectivity index (χ1v) is 9.09. The Labute approximate surface area is 149 Å². The van der Waals surface area contributed by atoms with Crippen LogP contribution in [0, 0.1) is 13.8 Å². The minimum Gasteiger partial charge on any atom is -0.726 e. The summed E-state index contributed by atoms with van der Waals surface area (Å²) in [4.78, 5) is 0. The van der Waals surface area contributed by atoms with Gasteiger partial charge in [0.1, 0.15) is 17.9 Å². The predicted octanol–water partition coefficient (Wildman–Crippen LogP) is 2.66. The molecule has 0 amide bonds. The molecule has 138 valence electrons. The maximum atomic E-state index is 9.49. The Bertz CT molecular complexity index is 744. The SMILES string of the molecule is COS(=O)(=O)[O-].Cc1ccccc1[N+](C)(CCO)c1ccccc1C. The van der Waals surface area contributed by atoms with E-state index in [0.29, 0.717) is 11.0 Å². The minimum atomic E-state index is -4.41. The van der Waals surface area contributed by atoms with E-state index in [-0.39, 0.29) is 6.61 Å². The van der Waals surface area contributed by atoms with Crippen LogP contribution in [0.5, 0.6) is 0 Å². The minimum absolute atomic E-state index is 0.166. The highest BCUT2D eigenvalue weighted by molar-refractivity contribution is 7.80. The summed E-state index contributed by atoms with van der Waals surface area (Å²) in [5.41, 5.74) is 4.99. The summed E-state index contributed by atoms with van der Waals surface area (Å²) >= 11 is 0. The lowest BCUT2D eigenvalue weighted by molar-refractivity contribution is 0.256. The maximum Gasteiger partial charge on any atom is 0.217 e. The van der Waals surface area contributed by atoms with Crippen LogP contribution in [0.2, 0.25) is 0 Å². The molecular formula is C18H25NO5S. The number of hydrogen-bond acceptors (Lipinski definition) is 5. The van der Waals surface area contributed by atoms with Crippen molar-refractivity contribution >= 4 is 21.8 Å². The molecule has 0 fully saturated rings. The molecule has 2 rings (SSSR count). The highest BCUT2D eigenvalue weighted by Crippen LogP contribution is 2.36. The molecular weight excluding hydrogens is 342 g/mol. The fourth-order valence-electron chi connectivity index (χ4n) is 2.80. The lowest BCUT2D eigenvalue weighted by Crippen LogP contribution is -2.43. The van der Waals surface area contributed by atoms with Crippen molar-refractivity contribution in [3.63, 3.8) is 0 Å². The number of nitrogens with zero attached hydrogens (tertiary/aromatic N) is 1. The van der Waals surface area contributed by atoms with Crippen LogP contribution < -0.4 is 4.48 Å². The van der Waals surface area contributed by atoms with Crippen LogP contribution in [0.4, 0.5) is 11.4 Å². The number of aliphatic hydroxyl groups excluding tert-OH is 1. The summed E-state index contributed by atoms with van der Waals surface area (Å²) in [5, 5.41) is 9.49. The van der Waals surface area contributed by atoms with E-state index in [1.54, 1.807) is 0 Å². The van der Waals surface area contributed by atoms with E-state index in [4.69, 9.17) is 0 Å². The van der Waals surface area contributed by atoms with Crippen molar-refractivity contribution in [2.45, 2.75) is 13.8 Å². The van der Waals surface area contributed by atoms with Crippen LogP contribution in [-0.2, 0) is 14.6 Å². The highest BCUT2D eigenvalue weighted by atomic mass is 32.3. The molecule has 0 aliphatic carbocycles. The molecule has 0 saturated heterocycles. The van der Waals surface area contributed by atoms with E-state index in [1.165, 1.54) is 22.5 Å². The van der Waals surface area contributed by atoms with Gasteiger partial charge < -0.3 is 9.66 Å². The Hall–Kier alpha value is -1.77. The summed E-state index contributed by atoms with van der Waals surface area (Å²) in [5.74, 6) is 0. The van der Waals surface area contributed by atoms with Crippen molar-refractivity contribution < 1.29 is 22.3 Å². The van der Waals surface area contributed by atoms with Gasteiger partial charge in [0.15, 0.2) is 0 Å². The molecule has 2 aromatic rings. The summed E-state index contributed by atoms with van der Waals surface area (Å²) in [7, 11) is -1.44. The van der Waals surface area contributed by atoms with Gasteiger partial charge in [-0.3, -0.25) is 8.67 Å². The van der Waals surface area contributed by atoms with E-state index in [1.807, 2.05) is 0 Å². The molecule has 0 heterocycles. The topological polar surface area (TPSA) is 86.7 Å². The van der Waals surface area contributed by atoms with Crippen LogP contribution in [0.25, 0.3) is 0 Å². The van der Waals surface area contributed by atoms with Gasteiger partial charge in [-0.15, -0.1) is 0 Å². The molecule has 0 unspecified atom stereocenters. The van der Waals surface area contributed by atoms with Gasteiger partial charge in [0.05, 0.1) is 20.8 Å². The molecule has 0 spiro atoms. The van der Waals surface area contributed by atoms with E-state index in [2.05, 4.69) is 73.6 Å². The van der Waals surface area contributed by atoms with Crippen LogP contribution >= 0.6 is 0 Å². The number of aliphatic hydroxyl groups is 1. The quantitative estimate of drug-likeness (QED) is 0.499. The number of benzene rings is 2. The van der Waals surface area contributed by atoms with Crippen molar-refractivity contribution in [2.75, 3.05) is 27.3 Å². The Morgan fingerprint density at radius 1 is 1.00 bits per heavy atom. The van der Waals surface area contributed by atoms with Crippen molar-refractivity contribution in [2.24, 2.45) is 0 Å². The molecule has 2 aromatic carbocycles. The lowest BCUT2D eigenvalue weighted by atomic mass is 10.1. The van der Waals surface area contributed by atoms with Crippen molar-refractivity contribution in [1.82, 2.24) is 4.48 Å². The first-order chi connectivity index (χ1) is 11.7. The average Bonchev–Trinajstić information content (AvgIpc) is 2.55. The second kappa shape index (κ2) is 9.07. The van der Waals surface area contributed by atoms with Crippen molar-refractivity contribution in [3.8, 4) is 0 Å². The normalized spacial score (nSPS) is 11.6. The fourth-order valence-corrected chi connectivity index (χ4v) is 2.80. The Kier molecular flexibility index (Phi) is 7.72. The van der Waals surface area contributed by atoms with E-state index >= 15 is 0 Å². The number of hydrogen-bond donors (Lipinski definition) is 1. The van der Waals surface area contributed by atoms with E-state index < -0.39 is 10.4 Å². The molecule has 0 aliphatic heterocycles. The lowest BCUT2D eigenvalue weighted by Gasteiger charge is -2.35. The van der Waals surface area contributed by atoms with Gasteiger partial charge in [-0.1, -0.05) is 36.4 Å². The van der Waals surface area contributed by atoms with Gasteiger partial charge in [-0.25, -0.2) is 8.42 Å². The van der Waals surface area contributed by atoms with Gasteiger partial charge in [-0.2, -0.15) is 0 Å². The third-order valence-corrected chi connectivity index (χ3v) is 4.45. The number of aryl methyl sites for hydroxylation is 2. The molecule has 1 N–H and O–H groups in total. The highest BCUT2D eigenvalue weighted by Gasteiger charge is 2.30. The summed E-state index contributed by atoms with van der Waals surface area (Å²) in [6, 6.07) is 16.8. The average molecular weight is 367 g/mol. The third-order valence-electron chi connectivity index (χ3n) is 4.05. The van der Waals surface area contributed by atoms with Gasteiger partial charge in [-0.05, 0) is 26.0 Å². The van der Waals surface area contributed by atoms with Gasteiger partial charge in [0.25, 0.3) is 0 Å². The second-order valence-corrected chi connectivity index (χ2v) is 6.94. The summed E-state index contributed by atoms with van der Waals surface area (Å²) in [6.07, 6.45) is 0. The zero-order valence-corrected chi connectivity index (χ0v) is 15.8. The van der Waals surface area contributed by atoms with Gasteiger partial charge >= 0.3 is 0 Å². The predicted molar refractivity (Wildman–Crippen MR) is 98.4 cm³/mol. The van der Waals surface area contributed by atoms with E-state index in [0.717, 1.165) is 7.11 Å². The monoisotopic (exact) mass is 367 g/mol. The van der Waals surface area contributed by atoms with Crippen molar-refractivity contribution in [1.29, 1.82) is 0 Å². The van der Waals surface area contributed by atoms with Crippen LogP contribution in [0.15, 0.2) is 48.5 Å². The second-order valence-electron chi connectivity index (χ2n) is 5.79. The number of para-hydroxylation sites is 2. The zero-order valence-electron chi connectivity index (χ0n) is 15.0. The molecule has 0 atom stereocenters. The smallest absolute Gasteiger partial charge is 0.217 e. The number of quaternary nitrogens is 1. The van der Waals surface area contributed by atoms with E-state index in [9.17, 15) is 18.1 Å². The van der Waals surface area contributed by atoms with Crippen LogP contribution in [0.3, 0.4) is 0 Å². The molecule has 7 heteroatoms. The molecule has 0 bridgehead atoms. The van der Waals surface area contributed by atoms with Crippen LogP contribution in [0.1, 0.15) is 11.1 Å². The van der Waals surface area contributed by atoms with Gasteiger partial charge in [0.2, 0.25) is 10.4 Å². The molecule has 0 aliphatic rings. The zero-order chi connectivity index (χ0) is 19.1. The summed E-state index contributed by atoms with van der Waals surface area (Å²) < 4.78 is 31.7. The molecule has 0 saturated carbocycles. The Morgan fingerprint density at radius 2 is 1.36 bits per heavy atom. The largest absolute Gasteiger partial charge is 0.726 e.